The molecule has 2 N–H and O–H groups in total. The summed E-state index contributed by atoms with van der Waals surface area (Å²) in [6.45, 7) is 8.78. The molecule has 1 aromatic rings. The van der Waals surface area contributed by atoms with Crippen molar-refractivity contribution in [1.82, 2.24) is 14.7 Å². The maximum absolute atomic E-state index is 13.3. The van der Waals surface area contributed by atoms with E-state index in [1.807, 2.05) is 36.6 Å². The van der Waals surface area contributed by atoms with Crippen molar-refractivity contribution in [1.29, 1.82) is 0 Å². The molecule has 2 saturated heterocycles. The van der Waals surface area contributed by atoms with E-state index in [-0.39, 0.29) is 24.3 Å². The Bertz CT molecular complexity index is 1070. The van der Waals surface area contributed by atoms with Crippen molar-refractivity contribution in [2.75, 3.05) is 38.5 Å². The van der Waals surface area contributed by atoms with Gasteiger partial charge in [-0.3, -0.25) is 14.4 Å². The van der Waals surface area contributed by atoms with Gasteiger partial charge in [0, 0.05) is 51.0 Å². The molecule has 0 spiro atoms. The van der Waals surface area contributed by atoms with E-state index in [0.717, 1.165) is 31.2 Å². The van der Waals surface area contributed by atoms with Crippen molar-refractivity contribution in [3.63, 3.8) is 0 Å². The maximum Gasteiger partial charge on any atom is 0.410 e. The van der Waals surface area contributed by atoms with E-state index in [1.165, 1.54) is 4.90 Å². The largest absolute Gasteiger partial charge is 0.481 e. The van der Waals surface area contributed by atoms with Crippen molar-refractivity contribution in [2.45, 2.75) is 71.1 Å². The van der Waals surface area contributed by atoms with E-state index in [4.69, 9.17) is 9.84 Å². The molecule has 4 rings (SSSR count). The second-order valence-electron chi connectivity index (χ2n) is 11.8. The molecule has 0 aromatic heterocycles. The van der Waals surface area contributed by atoms with Crippen molar-refractivity contribution in [3.05, 3.63) is 29.3 Å². The lowest BCUT2D eigenvalue weighted by molar-refractivity contribution is -0.141. The minimum Gasteiger partial charge on any atom is -0.481 e. The lowest BCUT2D eigenvalue weighted by Crippen LogP contribution is -2.45. The molecule has 3 heterocycles. The zero-order valence-corrected chi connectivity index (χ0v) is 22.9. The van der Waals surface area contributed by atoms with Gasteiger partial charge in [-0.25, -0.2) is 4.79 Å². The molecule has 3 amide bonds. The number of carboxylic acids is 1. The van der Waals surface area contributed by atoms with E-state index in [1.54, 1.807) is 19.2 Å². The van der Waals surface area contributed by atoms with Crippen LogP contribution in [0, 0.1) is 11.8 Å². The van der Waals surface area contributed by atoms with Gasteiger partial charge in [0.1, 0.15) is 11.6 Å². The number of anilines is 1. The first-order chi connectivity index (χ1) is 17.9. The molecule has 38 heavy (non-hydrogen) atoms. The van der Waals surface area contributed by atoms with Crippen LogP contribution in [0.25, 0.3) is 0 Å². The third-order valence-electron chi connectivity index (χ3n) is 7.83. The summed E-state index contributed by atoms with van der Waals surface area (Å²) in [5.74, 6) is -0.253. The first kappa shape index (κ1) is 27.7. The summed E-state index contributed by atoms with van der Waals surface area (Å²) in [7, 11) is 1.64. The lowest BCUT2D eigenvalue weighted by atomic mass is 9.79. The Morgan fingerprint density at radius 3 is 2.13 bits per heavy atom. The highest BCUT2D eigenvalue weighted by atomic mass is 16.6. The number of amides is 3. The van der Waals surface area contributed by atoms with E-state index >= 15 is 0 Å². The number of piperidine rings is 2. The van der Waals surface area contributed by atoms with Crippen LogP contribution in [0.3, 0.4) is 0 Å². The zero-order chi connectivity index (χ0) is 27.6. The van der Waals surface area contributed by atoms with Crippen LogP contribution in [0.2, 0.25) is 0 Å². The molecule has 10 nitrogen and oxygen atoms in total. The van der Waals surface area contributed by atoms with Gasteiger partial charge in [-0.2, -0.15) is 0 Å². The Morgan fingerprint density at radius 2 is 1.58 bits per heavy atom. The Labute approximate surface area is 224 Å². The number of carbonyl (C=O) groups excluding carboxylic acids is 3. The number of nitrogens with zero attached hydrogens (tertiary/aromatic N) is 3. The van der Waals surface area contributed by atoms with Crippen LogP contribution in [0.5, 0.6) is 0 Å². The average Bonchev–Trinajstić information content (AvgIpc) is 2.98. The molecule has 3 aliphatic rings. The van der Waals surface area contributed by atoms with Gasteiger partial charge < -0.3 is 29.9 Å². The van der Waals surface area contributed by atoms with Gasteiger partial charge >= 0.3 is 12.1 Å². The zero-order valence-electron chi connectivity index (χ0n) is 22.9. The van der Waals surface area contributed by atoms with Crippen LogP contribution in [0.4, 0.5) is 10.5 Å². The number of carbonyl (C=O) groups is 4. The third kappa shape index (κ3) is 6.57. The van der Waals surface area contributed by atoms with Crippen molar-refractivity contribution >= 4 is 29.6 Å². The Hall–Kier alpha value is -3.30. The number of hydrogen-bond donors (Lipinski definition) is 2. The molecule has 1 aromatic carbocycles. The number of hydrogen-bond acceptors (Lipinski definition) is 6. The van der Waals surface area contributed by atoms with Gasteiger partial charge in [-0.15, -0.1) is 0 Å². The van der Waals surface area contributed by atoms with Gasteiger partial charge in [-0.1, -0.05) is 0 Å². The lowest BCUT2D eigenvalue weighted by Gasteiger charge is -2.40. The van der Waals surface area contributed by atoms with E-state index < -0.39 is 17.6 Å². The van der Waals surface area contributed by atoms with Crippen molar-refractivity contribution in [3.8, 4) is 0 Å². The second kappa shape index (κ2) is 11.2. The summed E-state index contributed by atoms with van der Waals surface area (Å²) in [6.07, 6.45) is 3.28. The smallest absolute Gasteiger partial charge is 0.410 e. The molecule has 208 valence electrons. The molecule has 0 saturated carbocycles. The van der Waals surface area contributed by atoms with Gasteiger partial charge in [0.15, 0.2) is 0 Å². The third-order valence-corrected chi connectivity index (χ3v) is 7.83. The number of benzene rings is 1. The SMILES string of the molecule is CN1Cc2cc(C(=O)N3CCC(C4CCN(C(=O)OC(C)(C)C)CC4)CC3)ccc2N[C@H](CC(=O)O)C1=O. The number of rotatable bonds is 4. The fourth-order valence-electron chi connectivity index (χ4n) is 5.80. The van der Waals surface area contributed by atoms with Crippen LogP contribution < -0.4 is 5.32 Å². The minimum absolute atomic E-state index is 0.0219. The summed E-state index contributed by atoms with van der Waals surface area (Å²) in [5.41, 5.74) is 1.57. The normalized spacial score (nSPS) is 21.4. The number of ether oxygens (including phenoxy) is 1. The van der Waals surface area contributed by atoms with Gasteiger partial charge in [-0.05, 0) is 82.1 Å². The fourth-order valence-corrected chi connectivity index (χ4v) is 5.80. The summed E-state index contributed by atoms with van der Waals surface area (Å²) in [4.78, 5) is 54.7. The highest BCUT2D eigenvalue weighted by Gasteiger charge is 2.34. The van der Waals surface area contributed by atoms with Crippen LogP contribution in [-0.4, -0.2) is 88.6 Å². The van der Waals surface area contributed by atoms with Crippen LogP contribution in [0.15, 0.2) is 18.2 Å². The van der Waals surface area contributed by atoms with Crippen molar-refractivity contribution in [2.24, 2.45) is 11.8 Å². The predicted octanol–water partition coefficient (Wildman–Crippen LogP) is 3.41. The molecule has 2 fully saturated rings. The molecular formula is C28H40N4O6. The van der Waals surface area contributed by atoms with Gasteiger partial charge in [0.05, 0.1) is 6.42 Å². The summed E-state index contributed by atoms with van der Waals surface area (Å²) >= 11 is 0. The molecule has 3 aliphatic heterocycles. The number of aliphatic carboxylic acids is 1. The summed E-state index contributed by atoms with van der Waals surface area (Å²) < 4.78 is 5.51. The first-order valence-electron chi connectivity index (χ1n) is 13.5. The van der Waals surface area contributed by atoms with Crippen molar-refractivity contribution < 1.29 is 29.0 Å². The van der Waals surface area contributed by atoms with Crippen LogP contribution >= 0.6 is 0 Å². The Kier molecular flexibility index (Phi) is 8.18. The Morgan fingerprint density at radius 1 is 1.00 bits per heavy atom. The predicted molar refractivity (Wildman–Crippen MR) is 142 cm³/mol. The van der Waals surface area contributed by atoms with E-state index in [2.05, 4.69) is 5.32 Å². The topological polar surface area (TPSA) is 119 Å². The molecule has 0 radical (unpaired) electrons. The molecule has 10 heteroatoms. The number of fused-ring (bicyclic) bond motifs is 1. The van der Waals surface area contributed by atoms with Gasteiger partial charge in [0.2, 0.25) is 5.91 Å². The molecule has 0 unspecified atom stereocenters. The van der Waals surface area contributed by atoms with Gasteiger partial charge in [0.25, 0.3) is 5.91 Å². The molecule has 1 atom stereocenters. The highest BCUT2D eigenvalue weighted by molar-refractivity contribution is 5.96. The van der Waals surface area contributed by atoms with E-state index in [9.17, 15) is 19.2 Å². The number of carboxylic acid groups (broad SMARTS) is 1. The van der Waals surface area contributed by atoms with E-state index in [0.29, 0.717) is 55.8 Å². The maximum atomic E-state index is 13.3. The fraction of sp³-hybridized carbons (Fsp3) is 0.643. The van der Waals surface area contributed by atoms with Crippen LogP contribution in [-0.2, 0) is 20.9 Å². The quantitative estimate of drug-likeness (QED) is 0.615. The monoisotopic (exact) mass is 528 g/mol. The Balaban J connectivity index is 1.31. The average molecular weight is 529 g/mol. The number of likely N-dealkylation sites (N-methyl/N-ethyl adjacent to an activating group) is 1. The molecular weight excluding hydrogens is 488 g/mol. The highest BCUT2D eigenvalue weighted by Crippen LogP contribution is 2.34. The minimum atomic E-state index is -1.04. The number of nitrogens with one attached hydrogen (secondary N) is 1. The second-order valence-corrected chi connectivity index (χ2v) is 11.8. The molecule has 0 aliphatic carbocycles. The summed E-state index contributed by atoms with van der Waals surface area (Å²) in [6, 6.07) is 4.50. The molecule has 0 bridgehead atoms. The van der Waals surface area contributed by atoms with Crippen LogP contribution in [0.1, 0.15) is 68.8 Å². The number of likely N-dealkylation sites (tertiary alicyclic amines) is 2. The standard InChI is InChI=1S/C28H40N4O6/c1-28(2,3)38-27(37)32-13-9-19(10-14-32)18-7-11-31(12-8-18)25(35)20-5-6-22-21(15-20)17-30(4)26(36)23(29-22)16-24(33)34/h5-6,15,18-19,23,29H,7-14,16-17H2,1-4H3,(H,33,34)/t23-/m1/s1. The summed E-state index contributed by atoms with van der Waals surface area (Å²) in [5, 5.41) is 12.2. The first-order valence-corrected chi connectivity index (χ1v) is 13.5.